The van der Waals surface area contributed by atoms with Crippen molar-refractivity contribution < 1.29 is 0 Å². The maximum Gasteiger partial charge on any atom is 0.123 e. The van der Waals surface area contributed by atoms with Gasteiger partial charge in [0.25, 0.3) is 0 Å². The Labute approximate surface area is 114 Å². The second-order valence-electron chi connectivity index (χ2n) is 4.51. The molecule has 0 atom stereocenters. The lowest BCUT2D eigenvalue weighted by atomic mass is 10.1. The highest BCUT2D eigenvalue weighted by molar-refractivity contribution is 6.30. The van der Waals surface area contributed by atoms with Crippen LogP contribution in [0.4, 0.5) is 0 Å². The van der Waals surface area contributed by atoms with E-state index in [1.165, 1.54) is 19.3 Å². The Bertz CT molecular complexity index is 428. The zero-order chi connectivity index (χ0) is 12.8. The van der Waals surface area contributed by atoms with E-state index >= 15 is 0 Å². The highest BCUT2D eigenvalue weighted by atomic mass is 35.5. The fraction of sp³-hybridized carbons (Fsp3) is 0.400. The molecule has 1 saturated heterocycles. The molecular weight excluding hydrogens is 244 g/mol. The summed E-state index contributed by atoms with van der Waals surface area (Å²) in [4.78, 5) is 6.73. The van der Waals surface area contributed by atoms with Crippen molar-refractivity contribution in [3.05, 3.63) is 40.9 Å². The quantitative estimate of drug-likeness (QED) is 0.584. The molecular formula is C15H19ClN2. The summed E-state index contributed by atoms with van der Waals surface area (Å²) in [7, 11) is 1.86. The number of aliphatic imine (C=N–C) groups is 1. The van der Waals surface area contributed by atoms with Gasteiger partial charge in [-0.15, -0.1) is 0 Å². The Morgan fingerprint density at radius 2 is 1.83 bits per heavy atom. The number of hydrogen-bond acceptors (Lipinski definition) is 1. The first-order valence-electron chi connectivity index (χ1n) is 6.45. The summed E-state index contributed by atoms with van der Waals surface area (Å²) < 4.78 is 0. The van der Waals surface area contributed by atoms with E-state index in [2.05, 4.69) is 22.0 Å². The zero-order valence-electron chi connectivity index (χ0n) is 10.8. The Morgan fingerprint density at radius 3 is 2.44 bits per heavy atom. The van der Waals surface area contributed by atoms with E-state index in [4.69, 9.17) is 11.6 Å². The summed E-state index contributed by atoms with van der Waals surface area (Å²) in [6.07, 6.45) is 8.07. The van der Waals surface area contributed by atoms with Crippen LogP contribution >= 0.6 is 11.6 Å². The monoisotopic (exact) mass is 262 g/mol. The minimum Gasteiger partial charge on any atom is -0.357 e. The molecule has 0 amide bonds. The maximum atomic E-state index is 5.87. The number of likely N-dealkylation sites (tertiary alicyclic amines) is 1. The molecule has 0 radical (unpaired) electrons. The van der Waals surface area contributed by atoms with Crippen molar-refractivity contribution in [2.45, 2.75) is 19.3 Å². The number of nitrogens with zero attached hydrogens (tertiary/aromatic N) is 2. The highest BCUT2D eigenvalue weighted by Crippen LogP contribution is 2.13. The largest absolute Gasteiger partial charge is 0.357 e. The predicted octanol–water partition coefficient (Wildman–Crippen LogP) is 3.87. The van der Waals surface area contributed by atoms with Gasteiger partial charge in [-0.05, 0) is 43.0 Å². The Morgan fingerprint density at radius 1 is 1.17 bits per heavy atom. The normalized spacial score (nSPS) is 17.4. The van der Waals surface area contributed by atoms with E-state index in [-0.39, 0.29) is 0 Å². The minimum absolute atomic E-state index is 0.771. The molecule has 1 aromatic carbocycles. The number of piperidine rings is 1. The van der Waals surface area contributed by atoms with Crippen LogP contribution in [0.1, 0.15) is 24.8 Å². The first-order chi connectivity index (χ1) is 8.79. The van der Waals surface area contributed by atoms with Gasteiger partial charge in [0.2, 0.25) is 0 Å². The van der Waals surface area contributed by atoms with Crippen LogP contribution in [0.3, 0.4) is 0 Å². The minimum atomic E-state index is 0.771. The van der Waals surface area contributed by atoms with Gasteiger partial charge >= 0.3 is 0 Å². The second kappa shape index (κ2) is 6.60. The lowest BCUT2D eigenvalue weighted by Crippen LogP contribution is -2.34. The molecule has 0 spiro atoms. The van der Waals surface area contributed by atoms with Gasteiger partial charge in [-0.25, -0.2) is 0 Å². The topological polar surface area (TPSA) is 15.6 Å². The first kappa shape index (κ1) is 13.2. The van der Waals surface area contributed by atoms with Gasteiger partial charge in [0.15, 0.2) is 0 Å². The van der Waals surface area contributed by atoms with Gasteiger partial charge in [0.05, 0.1) is 0 Å². The van der Waals surface area contributed by atoms with E-state index in [0.29, 0.717) is 0 Å². The summed E-state index contributed by atoms with van der Waals surface area (Å²) in [6, 6.07) is 7.85. The average molecular weight is 263 g/mol. The van der Waals surface area contributed by atoms with Gasteiger partial charge in [0.1, 0.15) is 5.84 Å². The van der Waals surface area contributed by atoms with Crippen molar-refractivity contribution in [2.75, 3.05) is 20.1 Å². The number of rotatable bonds is 2. The molecule has 2 rings (SSSR count). The molecule has 0 unspecified atom stereocenters. The third-order valence-electron chi connectivity index (χ3n) is 3.20. The molecule has 0 saturated carbocycles. The number of hydrogen-bond donors (Lipinski definition) is 0. The van der Waals surface area contributed by atoms with Gasteiger partial charge in [-0.1, -0.05) is 29.8 Å². The van der Waals surface area contributed by atoms with Gasteiger partial charge in [0, 0.05) is 25.2 Å². The smallest absolute Gasteiger partial charge is 0.123 e. The molecule has 96 valence electrons. The Hall–Kier alpha value is -1.28. The van der Waals surface area contributed by atoms with E-state index < -0.39 is 0 Å². The molecule has 0 bridgehead atoms. The van der Waals surface area contributed by atoms with Crippen LogP contribution in [-0.4, -0.2) is 30.9 Å². The summed E-state index contributed by atoms with van der Waals surface area (Å²) in [5.41, 5.74) is 1.15. The third kappa shape index (κ3) is 3.61. The number of amidine groups is 1. The van der Waals surface area contributed by atoms with Gasteiger partial charge < -0.3 is 4.90 Å². The van der Waals surface area contributed by atoms with Crippen LogP contribution in [0.25, 0.3) is 6.08 Å². The molecule has 1 heterocycles. The van der Waals surface area contributed by atoms with Crippen molar-refractivity contribution in [1.82, 2.24) is 4.90 Å². The van der Waals surface area contributed by atoms with Gasteiger partial charge in [-0.3, -0.25) is 4.99 Å². The molecule has 1 aliphatic heterocycles. The molecule has 0 aromatic heterocycles. The summed E-state index contributed by atoms with van der Waals surface area (Å²) in [5.74, 6) is 1.07. The van der Waals surface area contributed by atoms with E-state index in [9.17, 15) is 0 Å². The van der Waals surface area contributed by atoms with Crippen LogP contribution < -0.4 is 0 Å². The van der Waals surface area contributed by atoms with E-state index in [1.54, 1.807) is 0 Å². The Balaban J connectivity index is 2.03. The molecule has 1 fully saturated rings. The van der Waals surface area contributed by atoms with Crippen LogP contribution in [0.15, 0.2) is 35.3 Å². The molecule has 1 aromatic rings. The van der Waals surface area contributed by atoms with E-state index in [1.807, 2.05) is 31.3 Å². The zero-order valence-corrected chi connectivity index (χ0v) is 11.5. The van der Waals surface area contributed by atoms with Crippen molar-refractivity contribution in [2.24, 2.45) is 4.99 Å². The lowest BCUT2D eigenvalue weighted by molar-refractivity contribution is 0.343. The summed E-state index contributed by atoms with van der Waals surface area (Å²) in [5, 5.41) is 0.771. The van der Waals surface area contributed by atoms with Gasteiger partial charge in [-0.2, -0.15) is 0 Å². The van der Waals surface area contributed by atoms with Crippen LogP contribution in [-0.2, 0) is 0 Å². The van der Waals surface area contributed by atoms with Crippen LogP contribution in [0.2, 0.25) is 5.02 Å². The summed E-state index contributed by atoms with van der Waals surface area (Å²) >= 11 is 5.87. The predicted molar refractivity (Wildman–Crippen MR) is 79.3 cm³/mol. The SMILES string of the molecule is C/N=C(\C=C/c1ccc(Cl)cc1)N1CCCCC1. The van der Waals surface area contributed by atoms with Crippen molar-refractivity contribution in [3.8, 4) is 0 Å². The maximum absolute atomic E-state index is 5.87. The molecule has 2 nitrogen and oxygen atoms in total. The third-order valence-corrected chi connectivity index (χ3v) is 3.46. The number of halogens is 1. The molecule has 0 N–H and O–H groups in total. The Kier molecular flexibility index (Phi) is 4.82. The highest BCUT2D eigenvalue weighted by Gasteiger charge is 2.11. The standard InChI is InChI=1S/C15H19ClN2/c1-17-15(18-11-3-2-4-12-18)10-7-13-5-8-14(16)9-6-13/h5-10H,2-4,11-12H2,1H3/b10-7-,17-15+. The van der Waals surface area contributed by atoms with Crippen molar-refractivity contribution in [1.29, 1.82) is 0 Å². The lowest BCUT2D eigenvalue weighted by Gasteiger charge is -2.28. The molecule has 3 heteroatoms. The fourth-order valence-corrected chi connectivity index (χ4v) is 2.32. The van der Waals surface area contributed by atoms with Crippen molar-refractivity contribution >= 4 is 23.5 Å². The second-order valence-corrected chi connectivity index (χ2v) is 4.95. The molecule has 1 aliphatic rings. The van der Waals surface area contributed by atoms with E-state index in [0.717, 1.165) is 29.5 Å². The molecule has 0 aliphatic carbocycles. The summed E-state index contributed by atoms with van der Waals surface area (Å²) in [6.45, 7) is 2.25. The number of benzene rings is 1. The average Bonchev–Trinajstić information content (AvgIpc) is 2.43. The van der Waals surface area contributed by atoms with Crippen molar-refractivity contribution in [3.63, 3.8) is 0 Å². The molecule has 18 heavy (non-hydrogen) atoms. The van der Waals surface area contributed by atoms with Crippen LogP contribution in [0.5, 0.6) is 0 Å². The first-order valence-corrected chi connectivity index (χ1v) is 6.83. The fourth-order valence-electron chi connectivity index (χ4n) is 2.19. The van der Waals surface area contributed by atoms with Crippen LogP contribution in [0, 0.1) is 0 Å².